The predicted molar refractivity (Wildman–Crippen MR) is 90.9 cm³/mol. The number of benzene rings is 1. The normalized spacial score (nSPS) is 12.6. The second-order valence-electron chi connectivity index (χ2n) is 4.48. The lowest BCUT2D eigenvalue weighted by Crippen LogP contribution is -2.24. The van der Waals surface area contributed by atoms with Crippen molar-refractivity contribution in [3.8, 4) is 0 Å². The van der Waals surface area contributed by atoms with Gasteiger partial charge in [0.05, 0.1) is 0 Å². The maximum absolute atomic E-state index is 3.65. The molecule has 0 amide bonds. The summed E-state index contributed by atoms with van der Waals surface area (Å²) >= 11 is 9.03. The van der Waals surface area contributed by atoms with Gasteiger partial charge in [0.2, 0.25) is 0 Å². The number of hydrogen-bond donors (Lipinski definition) is 1. The maximum atomic E-state index is 3.65. The molecule has 0 radical (unpaired) electrons. The summed E-state index contributed by atoms with van der Waals surface area (Å²) in [6.07, 6.45) is 2.14. The molecule has 1 unspecified atom stereocenters. The summed E-state index contributed by atoms with van der Waals surface area (Å²) < 4.78 is 2.39. The van der Waals surface area contributed by atoms with E-state index in [9.17, 15) is 0 Å². The van der Waals surface area contributed by atoms with Crippen LogP contribution in [0.15, 0.2) is 44.0 Å². The Morgan fingerprint density at radius 3 is 2.58 bits per heavy atom. The van der Waals surface area contributed by atoms with E-state index in [-0.39, 0.29) is 0 Å². The first-order valence-electron chi connectivity index (χ1n) is 6.40. The fraction of sp³-hybridized carbons (Fsp3) is 0.333. The monoisotopic (exact) mass is 401 g/mol. The first-order chi connectivity index (χ1) is 9.22. The molecule has 0 saturated carbocycles. The fourth-order valence-electron chi connectivity index (χ4n) is 2.03. The molecule has 102 valence electrons. The van der Waals surface area contributed by atoms with Crippen LogP contribution in [0.3, 0.4) is 0 Å². The van der Waals surface area contributed by atoms with Gasteiger partial charge in [-0.3, -0.25) is 0 Å². The molecule has 2 rings (SSSR count). The van der Waals surface area contributed by atoms with Gasteiger partial charge in [-0.25, -0.2) is 0 Å². The van der Waals surface area contributed by atoms with E-state index >= 15 is 0 Å². The number of rotatable bonds is 6. The number of thiophene rings is 1. The second kappa shape index (κ2) is 7.58. The first kappa shape index (κ1) is 15.2. The molecule has 0 aliphatic heterocycles. The highest BCUT2D eigenvalue weighted by Crippen LogP contribution is 2.31. The van der Waals surface area contributed by atoms with E-state index in [1.165, 1.54) is 20.1 Å². The molecule has 4 heteroatoms. The minimum Gasteiger partial charge on any atom is -0.310 e. The summed E-state index contributed by atoms with van der Waals surface area (Å²) in [4.78, 5) is 0. The van der Waals surface area contributed by atoms with Crippen LogP contribution in [-0.4, -0.2) is 6.54 Å². The average Bonchev–Trinajstić information content (AvgIpc) is 2.83. The van der Waals surface area contributed by atoms with E-state index in [1.54, 1.807) is 11.3 Å². The Hall–Kier alpha value is -0.160. The highest BCUT2D eigenvalue weighted by Gasteiger charge is 2.16. The zero-order chi connectivity index (χ0) is 13.7. The van der Waals surface area contributed by atoms with Crippen molar-refractivity contribution >= 4 is 43.2 Å². The minimum atomic E-state index is 0.360. The second-order valence-corrected chi connectivity index (χ2v) is 6.93. The predicted octanol–water partition coefficient (Wildman–Crippen LogP) is 5.56. The van der Waals surface area contributed by atoms with Crippen molar-refractivity contribution in [1.82, 2.24) is 5.32 Å². The lowest BCUT2D eigenvalue weighted by molar-refractivity contribution is 0.528. The summed E-state index contributed by atoms with van der Waals surface area (Å²) in [5.41, 5.74) is 2.70. The molecule has 0 fully saturated rings. The van der Waals surface area contributed by atoms with Crippen molar-refractivity contribution < 1.29 is 0 Å². The molecule has 0 spiro atoms. The smallest absolute Gasteiger partial charge is 0.0380 e. The van der Waals surface area contributed by atoms with Gasteiger partial charge >= 0.3 is 0 Å². The molecule has 0 aliphatic rings. The highest BCUT2D eigenvalue weighted by atomic mass is 79.9. The zero-order valence-corrected chi connectivity index (χ0v) is 14.8. The van der Waals surface area contributed by atoms with Gasteiger partial charge in [0.25, 0.3) is 0 Å². The molecule has 1 heterocycles. The van der Waals surface area contributed by atoms with Crippen LogP contribution in [0.25, 0.3) is 0 Å². The summed E-state index contributed by atoms with van der Waals surface area (Å²) in [5, 5.41) is 8.02. The van der Waals surface area contributed by atoms with Crippen molar-refractivity contribution in [2.24, 2.45) is 0 Å². The lowest BCUT2D eigenvalue weighted by Gasteiger charge is -2.19. The number of halogens is 2. The molecule has 1 nitrogen and oxygen atoms in total. The maximum Gasteiger partial charge on any atom is 0.0380 e. The third-order valence-corrected chi connectivity index (χ3v) is 5.57. The van der Waals surface area contributed by atoms with Gasteiger partial charge in [-0.2, -0.15) is 11.3 Å². The van der Waals surface area contributed by atoms with Crippen molar-refractivity contribution in [3.63, 3.8) is 0 Å². The van der Waals surface area contributed by atoms with Gasteiger partial charge < -0.3 is 5.32 Å². The molecule has 1 N–H and O–H groups in total. The van der Waals surface area contributed by atoms with Gasteiger partial charge in [-0.05, 0) is 57.9 Å². The number of hydrogen-bond acceptors (Lipinski definition) is 2. The van der Waals surface area contributed by atoms with E-state index < -0.39 is 0 Å². The van der Waals surface area contributed by atoms with Crippen LogP contribution in [0, 0.1) is 0 Å². The molecule has 1 aromatic carbocycles. The Kier molecular flexibility index (Phi) is 6.07. The Labute approximate surface area is 135 Å². The Morgan fingerprint density at radius 1 is 1.16 bits per heavy atom. The van der Waals surface area contributed by atoms with Gasteiger partial charge in [0.1, 0.15) is 0 Å². The summed E-state index contributed by atoms with van der Waals surface area (Å²) in [6.45, 7) is 3.24. The van der Waals surface area contributed by atoms with Crippen LogP contribution in [-0.2, 0) is 6.42 Å². The van der Waals surface area contributed by atoms with Gasteiger partial charge in [0, 0.05) is 20.4 Å². The minimum absolute atomic E-state index is 0.360. The van der Waals surface area contributed by atoms with Crippen molar-refractivity contribution in [1.29, 1.82) is 0 Å². The standard InChI is InChI=1S/C15H17Br2NS/c1-2-7-18-15(12-9-19-10-14(12)17)8-11-5-3-4-6-13(11)16/h3-6,9-10,15,18H,2,7-8H2,1H3. The van der Waals surface area contributed by atoms with Crippen LogP contribution < -0.4 is 5.32 Å². The van der Waals surface area contributed by atoms with E-state index in [1.807, 2.05) is 0 Å². The Morgan fingerprint density at radius 2 is 1.95 bits per heavy atom. The molecule has 0 saturated heterocycles. The van der Waals surface area contributed by atoms with Crippen LogP contribution in [0.2, 0.25) is 0 Å². The Balaban J connectivity index is 2.19. The Bertz CT molecular complexity index is 524. The third kappa shape index (κ3) is 4.15. The van der Waals surface area contributed by atoms with Crippen LogP contribution in [0.5, 0.6) is 0 Å². The van der Waals surface area contributed by atoms with Crippen molar-refractivity contribution in [2.45, 2.75) is 25.8 Å². The van der Waals surface area contributed by atoms with Crippen LogP contribution in [0.4, 0.5) is 0 Å². The molecular weight excluding hydrogens is 386 g/mol. The fourth-order valence-corrected chi connectivity index (χ4v) is 4.11. The highest BCUT2D eigenvalue weighted by molar-refractivity contribution is 9.10. The van der Waals surface area contributed by atoms with E-state index in [4.69, 9.17) is 0 Å². The molecule has 0 bridgehead atoms. The van der Waals surface area contributed by atoms with Crippen LogP contribution >= 0.6 is 43.2 Å². The van der Waals surface area contributed by atoms with Crippen molar-refractivity contribution in [3.05, 3.63) is 55.1 Å². The lowest BCUT2D eigenvalue weighted by atomic mass is 10.0. The molecule has 1 atom stereocenters. The molecule has 2 aromatic rings. The first-order valence-corrected chi connectivity index (χ1v) is 8.93. The van der Waals surface area contributed by atoms with Gasteiger partial charge in [-0.1, -0.05) is 41.1 Å². The SMILES string of the molecule is CCCNC(Cc1ccccc1Br)c1cscc1Br. The third-order valence-electron chi connectivity index (χ3n) is 3.04. The molecule has 1 aromatic heterocycles. The molecule has 19 heavy (non-hydrogen) atoms. The summed E-state index contributed by atoms with van der Waals surface area (Å²) in [7, 11) is 0. The molecular formula is C15H17Br2NS. The van der Waals surface area contributed by atoms with E-state index in [2.05, 4.69) is 79.1 Å². The topological polar surface area (TPSA) is 12.0 Å². The average molecular weight is 403 g/mol. The largest absolute Gasteiger partial charge is 0.310 e. The van der Waals surface area contributed by atoms with E-state index in [0.717, 1.165) is 19.4 Å². The van der Waals surface area contributed by atoms with Crippen LogP contribution in [0.1, 0.15) is 30.5 Å². The van der Waals surface area contributed by atoms with Crippen molar-refractivity contribution in [2.75, 3.05) is 6.54 Å². The van der Waals surface area contributed by atoms with Gasteiger partial charge in [0.15, 0.2) is 0 Å². The zero-order valence-electron chi connectivity index (χ0n) is 10.8. The summed E-state index contributed by atoms with van der Waals surface area (Å²) in [5.74, 6) is 0. The van der Waals surface area contributed by atoms with Gasteiger partial charge in [-0.15, -0.1) is 0 Å². The quantitative estimate of drug-likeness (QED) is 0.667. The molecule has 0 aliphatic carbocycles. The summed E-state index contributed by atoms with van der Waals surface area (Å²) in [6, 6.07) is 8.81. The number of nitrogens with one attached hydrogen (secondary N) is 1. The van der Waals surface area contributed by atoms with E-state index in [0.29, 0.717) is 6.04 Å².